The van der Waals surface area contributed by atoms with Gasteiger partial charge in [0.1, 0.15) is 0 Å². The van der Waals surface area contributed by atoms with Crippen molar-refractivity contribution in [2.75, 3.05) is 0 Å². The second kappa shape index (κ2) is 10.2. The highest BCUT2D eigenvalue weighted by Gasteiger charge is 2.10. The van der Waals surface area contributed by atoms with Gasteiger partial charge in [0, 0.05) is 0 Å². The molecular formula is C8H22N2O4. The van der Waals surface area contributed by atoms with Crippen molar-refractivity contribution in [2.45, 2.75) is 52.1 Å². The summed E-state index contributed by atoms with van der Waals surface area (Å²) in [7, 11) is 0. The van der Waals surface area contributed by atoms with Crippen molar-refractivity contribution in [1.29, 1.82) is 0 Å². The minimum atomic E-state index is -1.75. The molecule has 0 rings (SSSR count). The summed E-state index contributed by atoms with van der Waals surface area (Å²) in [5, 5.41) is 24.0. The summed E-state index contributed by atoms with van der Waals surface area (Å²) in [6.07, 6.45) is 4.56. The molecule has 0 aliphatic carbocycles. The second-order valence-electron chi connectivity index (χ2n) is 3.49. The number of quaternary nitrogens is 1. The SMILES string of the molecule is CCCCCC(C)(C)O.O=[N+]([O-])[O-].[NH4+]. The van der Waals surface area contributed by atoms with E-state index in [2.05, 4.69) is 6.92 Å². The van der Waals surface area contributed by atoms with Crippen LogP contribution in [0.3, 0.4) is 0 Å². The number of rotatable bonds is 4. The largest absolute Gasteiger partial charge is 0.390 e. The van der Waals surface area contributed by atoms with Gasteiger partial charge < -0.3 is 26.6 Å². The van der Waals surface area contributed by atoms with Crippen molar-refractivity contribution < 1.29 is 10.2 Å². The monoisotopic (exact) mass is 210 g/mol. The van der Waals surface area contributed by atoms with Gasteiger partial charge >= 0.3 is 0 Å². The first-order valence-electron chi connectivity index (χ1n) is 4.33. The van der Waals surface area contributed by atoms with Crippen molar-refractivity contribution in [3.8, 4) is 0 Å². The fourth-order valence-corrected chi connectivity index (χ4v) is 0.808. The lowest BCUT2D eigenvalue weighted by Gasteiger charge is -2.15. The Hall–Kier alpha value is -0.880. The molecule has 0 radical (unpaired) electrons. The Labute approximate surface area is 84.6 Å². The number of hydrogen-bond acceptors (Lipinski definition) is 4. The van der Waals surface area contributed by atoms with Crippen molar-refractivity contribution in [3.05, 3.63) is 15.3 Å². The fourth-order valence-electron chi connectivity index (χ4n) is 0.808. The van der Waals surface area contributed by atoms with Crippen LogP contribution < -0.4 is 6.15 Å². The van der Waals surface area contributed by atoms with E-state index < -0.39 is 10.7 Å². The van der Waals surface area contributed by atoms with Gasteiger partial charge in [0.25, 0.3) is 0 Å². The van der Waals surface area contributed by atoms with Gasteiger partial charge in [-0.25, -0.2) is 0 Å². The molecule has 0 aliphatic heterocycles. The Morgan fingerprint density at radius 3 is 1.86 bits per heavy atom. The van der Waals surface area contributed by atoms with Crippen LogP contribution in [0.2, 0.25) is 0 Å². The number of aliphatic hydroxyl groups is 1. The molecule has 6 nitrogen and oxygen atoms in total. The molecule has 0 aromatic rings. The third-order valence-electron chi connectivity index (χ3n) is 1.39. The van der Waals surface area contributed by atoms with Crippen LogP contribution in [0.5, 0.6) is 0 Å². The Kier molecular flexibility index (Phi) is 13.7. The van der Waals surface area contributed by atoms with Gasteiger partial charge in [-0.2, -0.15) is 0 Å². The Morgan fingerprint density at radius 2 is 1.64 bits per heavy atom. The minimum absolute atomic E-state index is 0. The minimum Gasteiger partial charge on any atom is -0.390 e. The standard InChI is InChI=1S/C8H18O.NO3.H3N/c1-4-5-6-7-8(2,3)9;2-1(3)4;/h9H,4-7H2,1-3H3;;1H3/q;-1;/p+1. The van der Waals surface area contributed by atoms with Gasteiger partial charge in [-0.05, 0) is 20.3 Å². The van der Waals surface area contributed by atoms with Crippen LogP contribution in [0.4, 0.5) is 0 Å². The summed E-state index contributed by atoms with van der Waals surface area (Å²) in [6.45, 7) is 5.90. The predicted octanol–water partition coefficient (Wildman–Crippen LogP) is 2.47. The van der Waals surface area contributed by atoms with Crippen molar-refractivity contribution in [1.82, 2.24) is 6.15 Å². The fraction of sp³-hybridized carbons (Fsp3) is 1.00. The highest BCUT2D eigenvalue weighted by atomic mass is 16.9. The molecule has 0 aromatic heterocycles. The van der Waals surface area contributed by atoms with E-state index in [0.29, 0.717) is 0 Å². The van der Waals surface area contributed by atoms with Gasteiger partial charge in [-0.1, -0.05) is 26.2 Å². The molecule has 0 bridgehead atoms. The molecular weight excluding hydrogens is 188 g/mol. The topological polar surface area (TPSA) is 123 Å². The molecule has 0 spiro atoms. The summed E-state index contributed by atoms with van der Waals surface area (Å²) in [4.78, 5) is 8.25. The summed E-state index contributed by atoms with van der Waals surface area (Å²) < 4.78 is 0. The van der Waals surface area contributed by atoms with E-state index in [9.17, 15) is 5.11 Å². The smallest absolute Gasteiger partial charge is 0.0689 e. The van der Waals surface area contributed by atoms with Crippen LogP contribution in [0.1, 0.15) is 46.5 Å². The molecule has 0 amide bonds. The van der Waals surface area contributed by atoms with E-state index in [1.54, 1.807) is 0 Å². The third-order valence-corrected chi connectivity index (χ3v) is 1.39. The first-order chi connectivity index (χ1) is 5.79. The molecule has 0 aliphatic rings. The average molecular weight is 210 g/mol. The van der Waals surface area contributed by atoms with Crippen LogP contribution >= 0.6 is 0 Å². The van der Waals surface area contributed by atoms with Crippen LogP contribution in [-0.2, 0) is 0 Å². The quantitative estimate of drug-likeness (QED) is 0.420. The Morgan fingerprint density at radius 1 is 1.29 bits per heavy atom. The molecule has 88 valence electrons. The van der Waals surface area contributed by atoms with E-state index in [1.807, 2.05) is 13.8 Å². The lowest BCUT2D eigenvalue weighted by molar-refractivity contribution is -0.402. The first kappa shape index (κ1) is 18.8. The van der Waals surface area contributed by atoms with E-state index >= 15 is 0 Å². The zero-order valence-electron chi connectivity index (χ0n) is 9.45. The molecule has 0 atom stereocenters. The Balaban J connectivity index is -0.000000209. The summed E-state index contributed by atoms with van der Waals surface area (Å²) in [6, 6.07) is 0. The normalized spacial score (nSPS) is 9.43. The van der Waals surface area contributed by atoms with Crippen molar-refractivity contribution in [2.24, 2.45) is 0 Å². The molecule has 0 aromatic carbocycles. The zero-order valence-corrected chi connectivity index (χ0v) is 9.45. The van der Waals surface area contributed by atoms with Crippen molar-refractivity contribution >= 4 is 0 Å². The third kappa shape index (κ3) is 43.4. The average Bonchev–Trinajstić information content (AvgIpc) is 1.83. The molecule has 6 heteroatoms. The molecule has 5 N–H and O–H groups in total. The van der Waals surface area contributed by atoms with Gasteiger partial charge in [0.05, 0.1) is 10.7 Å². The summed E-state index contributed by atoms with van der Waals surface area (Å²) in [5.74, 6) is 0. The van der Waals surface area contributed by atoms with Crippen LogP contribution in [0.15, 0.2) is 0 Å². The molecule has 0 heterocycles. The van der Waals surface area contributed by atoms with E-state index in [0.717, 1.165) is 12.8 Å². The van der Waals surface area contributed by atoms with Crippen LogP contribution in [0.25, 0.3) is 0 Å². The zero-order chi connectivity index (χ0) is 10.9. The lowest BCUT2D eigenvalue weighted by atomic mass is 10.0. The lowest BCUT2D eigenvalue weighted by Crippen LogP contribution is -2.17. The predicted molar refractivity (Wildman–Crippen MR) is 56.8 cm³/mol. The van der Waals surface area contributed by atoms with Crippen molar-refractivity contribution in [3.63, 3.8) is 0 Å². The van der Waals surface area contributed by atoms with Gasteiger partial charge in [-0.3, -0.25) is 0 Å². The molecule has 14 heavy (non-hydrogen) atoms. The van der Waals surface area contributed by atoms with Crippen LogP contribution in [0, 0.1) is 15.3 Å². The second-order valence-corrected chi connectivity index (χ2v) is 3.49. The molecule has 0 saturated heterocycles. The van der Waals surface area contributed by atoms with Gasteiger partial charge in [-0.15, -0.1) is 0 Å². The number of hydrogen-bond donors (Lipinski definition) is 2. The van der Waals surface area contributed by atoms with Crippen LogP contribution in [-0.4, -0.2) is 15.8 Å². The maximum Gasteiger partial charge on any atom is 0.0689 e. The van der Waals surface area contributed by atoms with E-state index in [1.165, 1.54) is 12.8 Å². The number of nitrogens with zero attached hydrogens (tertiary/aromatic N) is 1. The Bertz CT molecular complexity index is 130. The molecule has 0 unspecified atom stereocenters. The van der Waals surface area contributed by atoms with Gasteiger partial charge in [0.15, 0.2) is 0 Å². The summed E-state index contributed by atoms with van der Waals surface area (Å²) >= 11 is 0. The van der Waals surface area contributed by atoms with E-state index in [4.69, 9.17) is 15.3 Å². The molecule has 0 saturated carbocycles. The van der Waals surface area contributed by atoms with Gasteiger partial charge in [0.2, 0.25) is 0 Å². The summed E-state index contributed by atoms with van der Waals surface area (Å²) in [5.41, 5.74) is -0.449. The highest BCUT2D eigenvalue weighted by Crippen LogP contribution is 2.12. The maximum atomic E-state index is 9.24. The number of unbranched alkanes of at least 4 members (excludes halogenated alkanes) is 2. The van der Waals surface area contributed by atoms with E-state index in [-0.39, 0.29) is 6.15 Å². The maximum absolute atomic E-state index is 9.24. The first-order valence-corrected chi connectivity index (χ1v) is 4.33. The molecule has 0 fully saturated rings. The highest BCUT2D eigenvalue weighted by molar-refractivity contribution is 4.63.